The number of aliphatic carboxylic acids is 1. The zero-order valence-corrected chi connectivity index (χ0v) is 12.3. The number of carbonyl (C=O) groups excluding carboxylic acids is 1. The molecule has 0 aromatic carbocycles. The van der Waals surface area contributed by atoms with E-state index in [-0.39, 0.29) is 24.5 Å². The summed E-state index contributed by atoms with van der Waals surface area (Å²) >= 11 is 0. The number of carbonyl (C=O) groups is 2. The van der Waals surface area contributed by atoms with Crippen LogP contribution >= 0.6 is 0 Å². The van der Waals surface area contributed by atoms with Crippen molar-refractivity contribution in [2.45, 2.75) is 70.4 Å². The predicted molar refractivity (Wildman–Crippen MR) is 76.5 cm³/mol. The molecule has 0 aromatic heterocycles. The van der Waals surface area contributed by atoms with E-state index in [9.17, 15) is 9.59 Å². The molecule has 2 aliphatic carbocycles. The molecule has 0 saturated heterocycles. The van der Waals surface area contributed by atoms with Crippen LogP contribution in [0, 0.1) is 5.92 Å². The third-order valence-corrected chi connectivity index (χ3v) is 4.56. The second-order valence-corrected chi connectivity index (χ2v) is 6.08. The van der Waals surface area contributed by atoms with Crippen LogP contribution < -0.4 is 5.32 Å². The molecule has 0 heterocycles. The van der Waals surface area contributed by atoms with Crippen molar-refractivity contribution in [2.75, 3.05) is 6.54 Å². The molecule has 20 heavy (non-hydrogen) atoms. The molecule has 2 atom stereocenters. The highest BCUT2D eigenvalue weighted by molar-refractivity contribution is 5.76. The van der Waals surface area contributed by atoms with E-state index in [0.29, 0.717) is 12.5 Å². The summed E-state index contributed by atoms with van der Waals surface area (Å²) < 4.78 is 0. The summed E-state index contributed by atoms with van der Waals surface area (Å²) in [7, 11) is 0. The Hall–Kier alpha value is -1.26. The van der Waals surface area contributed by atoms with Crippen LogP contribution in [0.4, 0.5) is 4.79 Å². The highest BCUT2D eigenvalue weighted by Crippen LogP contribution is 2.29. The lowest BCUT2D eigenvalue weighted by Gasteiger charge is -2.33. The van der Waals surface area contributed by atoms with Crippen molar-refractivity contribution in [3.63, 3.8) is 0 Å². The number of hydrogen-bond donors (Lipinski definition) is 2. The fourth-order valence-corrected chi connectivity index (χ4v) is 3.18. The van der Waals surface area contributed by atoms with Gasteiger partial charge in [-0.1, -0.05) is 26.2 Å². The predicted octanol–water partition coefficient (Wildman–Crippen LogP) is 2.60. The van der Waals surface area contributed by atoms with Gasteiger partial charge in [0.2, 0.25) is 0 Å². The maximum atomic E-state index is 12.4. The van der Waals surface area contributed by atoms with Crippen molar-refractivity contribution in [3.05, 3.63) is 0 Å². The van der Waals surface area contributed by atoms with Crippen LogP contribution in [0.25, 0.3) is 0 Å². The lowest BCUT2D eigenvalue weighted by molar-refractivity contribution is -0.137. The first-order valence-corrected chi connectivity index (χ1v) is 7.90. The summed E-state index contributed by atoms with van der Waals surface area (Å²) in [6.07, 6.45) is 7.84. The van der Waals surface area contributed by atoms with Crippen molar-refractivity contribution >= 4 is 12.0 Å². The van der Waals surface area contributed by atoms with Crippen LogP contribution in [0.5, 0.6) is 0 Å². The highest BCUT2D eigenvalue weighted by atomic mass is 16.4. The van der Waals surface area contributed by atoms with Crippen molar-refractivity contribution < 1.29 is 14.7 Å². The quantitative estimate of drug-likeness (QED) is 0.786. The molecule has 5 nitrogen and oxygen atoms in total. The molecular weight excluding hydrogens is 256 g/mol. The number of amides is 2. The molecule has 5 heteroatoms. The standard InChI is InChI=1S/C15H26N2O3/c1-2-11-5-3-4-6-13(11)16-15(20)17(12-7-8-12)10-9-14(18)19/h11-13H,2-10H2,1H3,(H,16,20)(H,18,19). The molecule has 0 aliphatic heterocycles. The number of hydrogen-bond acceptors (Lipinski definition) is 2. The minimum Gasteiger partial charge on any atom is -0.481 e. The van der Waals surface area contributed by atoms with E-state index in [1.165, 1.54) is 19.3 Å². The lowest BCUT2D eigenvalue weighted by Crippen LogP contribution is -2.49. The van der Waals surface area contributed by atoms with Gasteiger partial charge in [-0.25, -0.2) is 4.79 Å². The maximum absolute atomic E-state index is 12.4. The molecular formula is C15H26N2O3. The Morgan fingerprint density at radius 1 is 1.20 bits per heavy atom. The van der Waals surface area contributed by atoms with Crippen molar-refractivity contribution in [3.8, 4) is 0 Å². The summed E-state index contributed by atoms with van der Waals surface area (Å²) in [5.41, 5.74) is 0. The van der Waals surface area contributed by atoms with E-state index in [2.05, 4.69) is 12.2 Å². The molecule has 2 fully saturated rings. The molecule has 2 saturated carbocycles. The Balaban J connectivity index is 1.88. The van der Waals surface area contributed by atoms with Crippen molar-refractivity contribution in [1.82, 2.24) is 10.2 Å². The molecule has 0 aromatic rings. The van der Waals surface area contributed by atoms with Gasteiger partial charge in [-0.05, 0) is 31.6 Å². The molecule has 2 rings (SSSR count). The van der Waals surface area contributed by atoms with Gasteiger partial charge in [0.25, 0.3) is 0 Å². The van der Waals surface area contributed by atoms with Crippen LogP contribution in [0.3, 0.4) is 0 Å². The summed E-state index contributed by atoms with van der Waals surface area (Å²) in [5.74, 6) is -0.263. The Kier molecular flexibility index (Phi) is 5.26. The Morgan fingerprint density at radius 3 is 2.50 bits per heavy atom. The molecule has 0 spiro atoms. The Morgan fingerprint density at radius 2 is 1.90 bits per heavy atom. The van der Waals surface area contributed by atoms with E-state index in [1.54, 1.807) is 4.90 Å². The molecule has 0 bridgehead atoms. The zero-order valence-electron chi connectivity index (χ0n) is 12.3. The second kappa shape index (κ2) is 6.95. The molecule has 0 radical (unpaired) electrons. The Labute approximate surface area is 120 Å². The van der Waals surface area contributed by atoms with Gasteiger partial charge < -0.3 is 15.3 Å². The average Bonchev–Trinajstić information content (AvgIpc) is 3.24. The molecule has 114 valence electrons. The Bertz CT molecular complexity index is 355. The van der Waals surface area contributed by atoms with E-state index < -0.39 is 5.97 Å². The van der Waals surface area contributed by atoms with Gasteiger partial charge in [-0.3, -0.25) is 4.79 Å². The number of rotatable bonds is 6. The second-order valence-electron chi connectivity index (χ2n) is 6.08. The minimum atomic E-state index is -0.840. The smallest absolute Gasteiger partial charge is 0.317 e. The van der Waals surface area contributed by atoms with Gasteiger partial charge in [-0.15, -0.1) is 0 Å². The fourth-order valence-electron chi connectivity index (χ4n) is 3.18. The van der Waals surface area contributed by atoms with Crippen molar-refractivity contribution in [2.24, 2.45) is 5.92 Å². The lowest BCUT2D eigenvalue weighted by atomic mass is 9.83. The average molecular weight is 282 g/mol. The summed E-state index contributed by atoms with van der Waals surface area (Å²) in [4.78, 5) is 24.8. The number of nitrogens with zero attached hydrogens (tertiary/aromatic N) is 1. The van der Waals surface area contributed by atoms with Crippen molar-refractivity contribution in [1.29, 1.82) is 0 Å². The minimum absolute atomic E-state index is 0.0335. The summed E-state index contributed by atoms with van der Waals surface area (Å²) in [6, 6.07) is 0.476. The van der Waals surface area contributed by atoms with Crippen LogP contribution in [0.1, 0.15) is 58.3 Å². The van der Waals surface area contributed by atoms with Gasteiger partial charge >= 0.3 is 12.0 Å². The van der Waals surface area contributed by atoms with E-state index in [4.69, 9.17) is 5.11 Å². The molecule has 2 N–H and O–H groups in total. The first kappa shape index (κ1) is 15.1. The SMILES string of the molecule is CCC1CCCCC1NC(=O)N(CCC(=O)O)C1CC1. The van der Waals surface area contributed by atoms with Gasteiger partial charge in [-0.2, -0.15) is 0 Å². The third kappa shape index (κ3) is 4.12. The monoisotopic (exact) mass is 282 g/mol. The van der Waals surface area contributed by atoms with E-state index >= 15 is 0 Å². The van der Waals surface area contributed by atoms with E-state index in [1.807, 2.05) is 0 Å². The summed E-state index contributed by atoms with van der Waals surface area (Å²) in [6.45, 7) is 2.51. The van der Waals surface area contributed by atoms with Gasteiger partial charge in [0, 0.05) is 18.6 Å². The molecule has 2 amide bonds. The van der Waals surface area contributed by atoms with Crippen LogP contribution in [-0.4, -0.2) is 40.6 Å². The van der Waals surface area contributed by atoms with Crippen LogP contribution in [-0.2, 0) is 4.79 Å². The summed E-state index contributed by atoms with van der Waals surface area (Å²) in [5, 5.41) is 11.9. The molecule has 2 aliphatic rings. The highest BCUT2D eigenvalue weighted by Gasteiger charge is 2.34. The number of carboxylic acids is 1. The molecule has 2 unspecified atom stereocenters. The largest absolute Gasteiger partial charge is 0.481 e. The van der Waals surface area contributed by atoms with Gasteiger partial charge in [0.15, 0.2) is 0 Å². The first-order chi connectivity index (χ1) is 9.61. The zero-order chi connectivity index (χ0) is 14.5. The van der Waals surface area contributed by atoms with E-state index in [0.717, 1.165) is 25.7 Å². The van der Waals surface area contributed by atoms with Gasteiger partial charge in [0.1, 0.15) is 0 Å². The number of urea groups is 1. The maximum Gasteiger partial charge on any atom is 0.317 e. The third-order valence-electron chi connectivity index (χ3n) is 4.56. The number of nitrogens with one attached hydrogen (secondary N) is 1. The van der Waals surface area contributed by atoms with Gasteiger partial charge in [0.05, 0.1) is 6.42 Å². The van der Waals surface area contributed by atoms with Crippen LogP contribution in [0.2, 0.25) is 0 Å². The topological polar surface area (TPSA) is 69.6 Å². The first-order valence-electron chi connectivity index (χ1n) is 7.90. The number of carboxylic acid groups (broad SMARTS) is 1. The van der Waals surface area contributed by atoms with Crippen LogP contribution in [0.15, 0.2) is 0 Å². The normalized spacial score (nSPS) is 26.1. The fraction of sp³-hybridized carbons (Fsp3) is 0.867.